The molecule has 2 rings (SSSR count). The Bertz CT molecular complexity index is 311. The predicted octanol–water partition coefficient (Wildman–Crippen LogP) is 2.78. The number of hydrogen-bond donors (Lipinski definition) is 2. The van der Waals surface area contributed by atoms with Crippen molar-refractivity contribution >= 4 is 0 Å². The van der Waals surface area contributed by atoms with Crippen molar-refractivity contribution in [2.75, 3.05) is 0 Å². The van der Waals surface area contributed by atoms with Crippen LogP contribution in [0.2, 0.25) is 0 Å². The number of phenolic OH excluding ortho intramolecular Hbond substituents is 2. The van der Waals surface area contributed by atoms with E-state index in [9.17, 15) is 0 Å². The van der Waals surface area contributed by atoms with Crippen LogP contribution >= 0.6 is 0 Å². The van der Waals surface area contributed by atoms with Crippen molar-refractivity contribution in [3.63, 3.8) is 0 Å². The van der Waals surface area contributed by atoms with Gasteiger partial charge < -0.3 is 10.2 Å². The second-order valence-electron chi connectivity index (χ2n) is 2.67. The number of aromatic hydroxyl groups is 2. The molecular weight excluding hydrogens is 377 g/mol. The van der Waals surface area contributed by atoms with Crippen molar-refractivity contribution in [2.45, 2.75) is 0 Å². The SMILES string of the molecule is Oc1ccccc1.Oc1ccccc1.[Hg]. The number of rotatable bonds is 0. The van der Waals surface area contributed by atoms with Crippen LogP contribution in [0.3, 0.4) is 0 Å². The quantitative estimate of drug-likeness (QED) is 0.681. The summed E-state index contributed by atoms with van der Waals surface area (Å²) in [6.45, 7) is 0. The molecule has 0 saturated heterocycles. The van der Waals surface area contributed by atoms with Crippen LogP contribution in [0.15, 0.2) is 60.7 Å². The largest absolute Gasteiger partial charge is 0.508 e. The third-order valence-electron chi connectivity index (χ3n) is 1.51. The maximum atomic E-state index is 8.63. The number of hydrogen-bond acceptors (Lipinski definition) is 2. The van der Waals surface area contributed by atoms with Crippen LogP contribution in [0.5, 0.6) is 11.5 Å². The molecule has 2 nitrogen and oxygen atoms in total. The van der Waals surface area contributed by atoms with Crippen molar-refractivity contribution < 1.29 is 37.9 Å². The topological polar surface area (TPSA) is 40.5 Å². The molecule has 74 valence electrons. The molecule has 0 aliphatic rings. The summed E-state index contributed by atoms with van der Waals surface area (Å²) in [4.78, 5) is 0. The zero-order valence-electron chi connectivity index (χ0n) is 8.38. The molecule has 0 aliphatic carbocycles. The fraction of sp³-hybridized carbons (Fsp3) is 0. The van der Waals surface area contributed by atoms with Gasteiger partial charge in [-0.1, -0.05) is 36.4 Å². The molecule has 0 bridgehead atoms. The third kappa shape index (κ3) is 6.97. The first-order chi connectivity index (χ1) is 6.79. The molecule has 2 aromatic rings. The van der Waals surface area contributed by atoms with E-state index in [1.165, 1.54) is 0 Å². The Morgan fingerprint density at radius 1 is 0.533 bits per heavy atom. The minimum Gasteiger partial charge on any atom is -0.508 e. The molecule has 2 aromatic carbocycles. The fourth-order valence-corrected chi connectivity index (χ4v) is 0.856. The van der Waals surface area contributed by atoms with Crippen LogP contribution in [0.25, 0.3) is 0 Å². The Morgan fingerprint density at radius 3 is 0.933 bits per heavy atom. The van der Waals surface area contributed by atoms with E-state index in [0.29, 0.717) is 11.5 Å². The van der Waals surface area contributed by atoms with Gasteiger partial charge in [0.15, 0.2) is 0 Å². The molecule has 15 heavy (non-hydrogen) atoms. The summed E-state index contributed by atoms with van der Waals surface area (Å²) < 4.78 is 0. The molecule has 0 spiro atoms. The summed E-state index contributed by atoms with van der Waals surface area (Å²) in [5.41, 5.74) is 0. The Hall–Kier alpha value is -1.02. The molecule has 0 fully saturated rings. The Balaban J connectivity index is 0.000000245. The molecule has 0 heterocycles. The Morgan fingerprint density at radius 2 is 0.800 bits per heavy atom. The second kappa shape index (κ2) is 8.30. The zero-order valence-corrected chi connectivity index (χ0v) is 13.9. The van der Waals surface area contributed by atoms with Gasteiger partial charge in [0.1, 0.15) is 11.5 Å². The van der Waals surface area contributed by atoms with Gasteiger partial charge in [0.25, 0.3) is 0 Å². The Kier molecular flexibility index (Phi) is 7.73. The fourth-order valence-electron chi connectivity index (χ4n) is 0.856. The molecular formula is C12H12HgO2. The molecule has 0 aliphatic heterocycles. The van der Waals surface area contributed by atoms with Crippen molar-refractivity contribution in [3.05, 3.63) is 60.7 Å². The normalized spacial score (nSPS) is 8.00. The van der Waals surface area contributed by atoms with Crippen LogP contribution < -0.4 is 0 Å². The van der Waals surface area contributed by atoms with Gasteiger partial charge in [-0.2, -0.15) is 0 Å². The minimum absolute atomic E-state index is 0. The average Bonchev–Trinajstić information content (AvgIpc) is 2.21. The summed E-state index contributed by atoms with van der Waals surface area (Å²) in [5.74, 6) is 0.644. The van der Waals surface area contributed by atoms with E-state index in [4.69, 9.17) is 10.2 Å². The number of para-hydroxylation sites is 2. The predicted molar refractivity (Wildman–Crippen MR) is 56.2 cm³/mol. The zero-order chi connectivity index (χ0) is 10.2. The van der Waals surface area contributed by atoms with Gasteiger partial charge in [0, 0.05) is 27.7 Å². The van der Waals surface area contributed by atoms with E-state index in [-0.39, 0.29) is 27.7 Å². The minimum atomic E-state index is 0. The van der Waals surface area contributed by atoms with Crippen molar-refractivity contribution in [3.8, 4) is 11.5 Å². The summed E-state index contributed by atoms with van der Waals surface area (Å²) in [5, 5.41) is 17.3. The number of benzene rings is 2. The van der Waals surface area contributed by atoms with Gasteiger partial charge in [0.2, 0.25) is 0 Å². The van der Waals surface area contributed by atoms with E-state index in [0.717, 1.165) is 0 Å². The van der Waals surface area contributed by atoms with Crippen LogP contribution in [0.4, 0.5) is 0 Å². The number of phenols is 2. The third-order valence-corrected chi connectivity index (χ3v) is 1.51. The monoisotopic (exact) mass is 390 g/mol. The molecule has 0 radical (unpaired) electrons. The molecule has 0 aromatic heterocycles. The van der Waals surface area contributed by atoms with Crippen molar-refractivity contribution in [1.29, 1.82) is 0 Å². The summed E-state index contributed by atoms with van der Waals surface area (Å²) >= 11 is 0. The van der Waals surface area contributed by atoms with Crippen LogP contribution in [0, 0.1) is 0 Å². The smallest absolute Gasteiger partial charge is 0.115 e. The van der Waals surface area contributed by atoms with Gasteiger partial charge in [-0.05, 0) is 24.3 Å². The van der Waals surface area contributed by atoms with E-state index < -0.39 is 0 Å². The van der Waals surface area contributed by atoms with Crippen molar-refractivity contribution in [2.24, 2.45) is 0 Å². The molecule has 3 heteroatoms. The maximum absolute atomic E-state index is 8.63. The van der Waals surface area contributed by atoms with E-state index in [2.05, 4.69) is 0 Å². The van der Waals surface area contributed by atoms with Gasteiger partial charge in [0.05, 0.1) is 0 Å². The van der Waals surface area contributed by atoms with Crippen LogP contribution in [-0.2, 0) is 27.7 Å². The van der Waals surface area contributed by atoms with Crippen LogP contribution in [-0.4, -0.2) is 10.2 Å². The first-order valence-electron chi connectivity index (χ1n) is 4.27. The van der Waals surface area contributed by atoms with E-state index in [1.807, 2.05) is 12.1 Å². The van der Waals surface area contributed by atoms with Gasteiger partial charge in [-0.15, -0.1) is 0 Å². The average molecular weight is 389 g/mol. The molecule has 0 amide bonds. The van der Waals surface area contributed by atoms with Gasteiger partial charge in [-0.3, -0.25) is 0 Å². The molecule has 0 atom stereocenters. The Labute approximate surface area is 110 Å². The summed E-state index contributed by atoms with van der Waals surface area (Å²) in [7, 11) is 0. The van der Waals surface area contributed by atoms with Crippen LogP contribution in [0.1, 0.15) is 0 Å². The first-order valence-corrected chi connectivity index (χ1v) is 4.27. The van der Waals surface area contributed by atoms with E-state index in [1.54, 1.807) is 48.5 Å². The first kappa shape index (κ1) is 14.0. The molecule has 2 N–H and O–H groups in total. The maximum Gasteiger partial charge on any atom is 0.115 e. The van der Waals surface area contributed by atoms with Gasteiger partial charge in [-0.25, -0.2) is 0 Å². The van der Waals surface area contributed by atoms with E-state index >= 15 is 0 Å². The molecule has 0 saturated carbocycles. The van der Waals surface area contributed by atoms with Gasteiger partial charge >= 0.3 is 0 Å². The summed E-state index contributed by atoms with van der Waals surface area (Å²) in [6, 6.07) is 17.4. The van der Waals surface area contributed by atoms with Crippen molar-refractivity contribution in [1.82, 2.24) is 0 Å². The summed E-state index contributed by atoms with van der Waals surface area (Å²) in [6.07, 6.45) is 0. The molecule has 0 unspecified atom stereocenters. The second-order valence-corrected chi connectivity index (χ2v) is 2.67. The standard InChI is InChI=1S/2C6H6O.Hg/c2*7-6-4-2-1-3-5-6;/h2*1-5,7H;.